The van der Waals surface area contributed by atoms with E-state index in [4.69, 9.17) is 16.3 Å². The molecule has 1 aliphatic rings. The van der Waals surface area contributed by atoms with Gasteiger partial charge in [-0.25, -0.2) is 4.98 Å². The number of benzene rings is 2. The van der Waals surface area contributed by atoms with Gasteiger partial charge in [-0.05, 0) is 42.0 Å². The maximum absolute atomic E-state index is 12.9. The second-order valence-corrected chi connectivity index (χ2v) is 8.65. The summed E-state index contributed by atoms with van der Waals surface area (Å²) in [6.45, 7) is 0.467. The van der Waals surface area contributed by atoms with Crippen LogP contribution in [-0.4, -0.2) is 15.9 Å². The molecular weight excluding hydrogens is 422 g/mol. The second kappa shape index (κ2) is 11.1. The maximum Gasteiger partial charge on any atom is 0.221 e. The Morgan fingerprint density at radius 1 is 1.03 bits per heavy atom. The van der Waals surface area contributed by atoms with Crippen molar-refractivity contribution in [2.75, 3.05) is 0 Å². The summed E-state index contributed by atoms with van der Waals surface area (Å²) in [5.41, 5.74) is 2.48. The average molecular weight is 450 g/mol. The van der Waals surface area contributed by atoms with Crippen molar-refractivity contribution in [1.82, 2.24) is 15.3 Å². The zero-order valence-electron chi connectivity index (χ0n) is 18.0. The molecule has 32 heavy (non-hydrogen) atoms. The quantitative estimate of drug-likeness (QED) is 0.466. The zero-order valence-corrected chi connectivity index (χ0v) is 18.8. The summed E-state index contributed by atoms with van der Waals surface area (Å²) in [6.07, 6.45) is 9.59. The van der Waals surface area contributed by atoms with Crippen molar-refractivity contribution in [3.63, 3.8) is 0 Å². The van der Waals surface area contributed by atoms with Crippen LogP contribution in [0, 0.1) is 5.92 Å². The molecule has 5 nitrogen and oxygen atoms in total. The Morgan fingerprint density at radius 2 is 1.81 bits per heavy atom. The van der Waals surface area contributed by atoms with Crippen molar-refractivity contribution in [3.05, 3.63) is 89.0 Å². The molecule has 0 spiro atoms. The molecule has 4 rings (SSSR count). The zero-order chi connectivity index (χ0) is 22.2. The van der Waals surface area contributed by atoms with Crippen LogP contribution in [0.2, 0.25) is 5.15 Å². The van der Waals surface area contributed by atoms with Gasteiger partial charge in [0, 0.05) is 18.8 Å². The molecule has 1 saturated carbocycles. The predicted octanol–water partition coefficient (Wildman–Crippen LogP) is 5.89. The Kier molecular flexibility index (Phi) is 7.73. The van der Waals surface area contributed by atoms with Crippen molar-refractivity contribution in [2.24, 2.45) is 5.92 Å². The molecule has 1 fully saturated rings. The third-order valence-corrected chi connectivity index (χ3v) is 6.19. The fraction of sp³-hybridized carbons (Fsp3) is 0.346. The van der Waals surface area contributed by atoms with E-state index in [2.05, 4.69) is 15.3 Å². The molecule has 1 heterocycles. The number of ether oxygens (including phenoxy) is 1. The standard InChI is InChI=1S/C26H28ClN3O2/c27-26-25(28-14-15-29-26)24(30-23(31)16-19-8-3-1-4-9-19)21-12-7-13-22(17-21)32-18-20-10-5-2-6-11-20/h2,5-7,10-15,17,19,24H,1,3-4,8-9,16,18H2,(H,30,31). The summed E-state index contributed by atoms with van der Waals surface area (Å²) in [6, 6.07) is 17.2. The summed E-state index contributed by atoms with van der Waals surface area (Å²) in [7, 11) is 0. The van der Waals surface area contributed by atoms with E-state index in [-0.39, 0.29) is 11.1 Å². The molecule has 2 aromatic carbocycles. The largest absolute Gasteiger partial charge is 0.489 e. The number of hydrogen-bond donors (Lipinski definition) is 1. The predicted molar refractivity (Wildman–Crippen MR) is 125 cm³/mol. The van der Waals surface area contributed by atoms with Crippen LogP contribution in [0.5, 0.6) is 5.75 Å². The average Bonchev–Trinajstić information content (AvgIpc) is 2.83. The van der Waals surface area contributed by atoms with Crippen molar-refractivity contribution < 1.29 is 9.53 Å². The number of nitrogens with zero attached hydrogens (tertiary/aromatic N) is 2. The van der Waals surface area contributed by atoms with E-state index in [0.717, 1.165) is 29.7 Å². The SMILES string of the molecule is O=C(CC1CCCCC1)NC(c1cccc(OCc2ccccc2)c1)c1nccnc1Cl. The van der Waals surface area contributed by atoms with Crippen LogP contribution in [0.1, 0.15) is 61.4 Å². The fourth-order valence-electron chi connectivity index (χ4n) is 4.23. The van der Waals surface area contributed by atoms with Gasteiger partial charge < -0.3 is 10.1 Å². The molecule has 6 heteroatoms. The smallest absolute Gasteiger partial charge is 0.221 e. The van der Waals surface area contributed by atoms with Crippen molar-refractivity contribution in [3.8, 4) is 5.75 Å². The van der Waals surface area contributed by atoms with E-state index in [9.17, 15) is 4.79 Å². The lowest BCUT2D eigenvalue weighted by Crippen LogP contribution is -2.32. The molecule has 3 aromatic rings. The van der Waals surface area contributed by atoms with Crippen molar-refractivity contribution >= 4 is 17.5 Å². The van der Waals surface area contributed by atoms with Gasteiger partial charge in [0.1, 0.15) is 18.1 Å². The minimum Gasteiger partial charge on any atom is -0.489 e. The van der Waals surface area contributed by atoms with Crippen LogP contribution in [-0.2, 0) is 11.4 Å². The lowest BCUT2D eigenvalue weighted by atomic mass is 9.86. The van der Waals surface area contributed by atoms with Gasteiger partial charge in [0.25, 0.3) is 0 Å². The number of aromatic nitrogens is 2. The van der Waals surface area contributed by atoms with Crippen LogP contribution in [0.4, 0.5) is 0 Å². The summed E-state index contributed by atoms with van der Waals surface area (Å²) in [5, 5.41) is 3.44. The third kappa shape index (κ3) is 6.07. The highest BCUT2D eigenvalue weighted by Crippen LogP contribution is 2.30. The number of rotatable bonds is 8. The highest BCUT2D eigenvalue weighted by molar-refractivity contribution is 6.30. The minimum atomic E-state index is -0.493. The number of carbonyl (C=O) groups excluding carboxylic acids is 1. The highest BCUT2D eigenvalue weighted by Gasteiger charge is 2.24. The molecule has 166 valence electrons. The third-order valence-electron chi connectivity index (χ3n) is 5.90. The molecule has 0 bridgehead atoms. The number of amides is 1. The van der Waals surface area contributed by atoms with Crippen LogP contribution >= 0.6 is 11.6 Å². The minimum absolute atomic E-state index is 0.0132. The number of nitrogens with one attached hydrogen (secondary N) is 1. The molecule has 1 amide bonds. The molecule has 1 N–H and O–H groups in total. The summed E-state index contributed by atoms with van der Waals surface area (Å²) in [4.78, 5) is 21.5. The van der Waals surface area contributed by atoms with Gasteiger partial charge in [-0.3, -0.25) is 9.78 Å². The Labute approximate surface area is 194 Å². The normalized spacial score (nSPS) is 15.2. The van der Waals surface area contributed by atoms with Crippen LogP contribution in [0.25, 0.3) is 0 Å². The molecule has 1 aliphatic carbocycles. The van der Waals surface area contributed by atoms with Crippen LogP contribution in [0.15, 0.2) is 67.0 Å². The first kappa shape index (κ1) is 22.3. The first-order valence-corrected chi connectivity index (χ1v) is 11.6. The topological polar surface area (TPSA) is 64.1 Å². The Bertz CT molecular complexity index is 1020. The van der Waals surface area contributed by atoms with Crippen LogP contribution in [0.3, 0.4) is 0 Å². The summed E-state index contributed by atoms with van der Waals surface area (Å²) >= 11 is 6.37. The van der Waals surface area contributed by atoms with Gasteiger partial charge >= 0.3 is 0 Å². The molecule has 1 unspecified atom stereocenters. The maximum atomic E-state index is 12.9. The van der Waals surface area contributed by atoms with E-state index in [1.54, 1.807) is 12.4 Å². The van der Waals surface area contributed by atoms with Gasteiger partial charge in [-0.15, -0.1) is 0 Å². The fourth-order valence-corrected chi connectivity index (χ4v) is 4.45. The lowest BCUT2D eigenvalue weighted by Gasteiger charge is -2.24. The first-order valence-electron chi connectivity index (χ1n) is 11.2. The number of halogens is 1. The van der Waals surface area contributed by atoms with E-state index in [1.165, 1.54) is 19.3 Å². The van der Waals surface area contributed by atoms with Gasteiger partial charge in [0.05, 0.1) is 6.04 Å². The van der Waals surface area contributed by atoms with Gasteiger partial charge in [0.15, 0.2) is 5.15 Å². The Balaban J connectivity index is 1.53. The van der Waals surface area contributed by atoms with Crippen molar-refractivity contribution in [2.45, 2.75) is 51.2 Å². The van der Waals surface area contributed by atoms with E-state index in [1.807, 2.05) is 54.6 Å². The molecule has 0 saturated heterocycles. The van der Waals surface area contributed by atoms with Gasteiger partial charge in [-0.2, -0.15) is 0 Å². The van der Waals surface area contributed by atoms with Crippen molar-refractivity contribution in [1.29, 1.82) is 0 Å². The Hall–Kier alpha value is -2.92. The summed E-state index contributed by atoms with van der Waals surface area (Å²) in [5.74, 6) is 1.18. The number of carbonyl (C=O) groups is 1. The highest BCUT2D eigenvalue weighted by atomic mass is 35.5. The van der Waals surface area contributed by atoms with Crippen LogP contribution < -0.4 is 10.1 Å². The summed E-state index contributed by atoms with van der Waals surface area (Å²) < 4.78 is 5.99. The van der Waals surface area contributed by atoms with Gasteiger partial charge in [0.2, 0.25) is 5.91 Å². The molecule has 0 aliphatic heterocycles. The van der Waals surface area contributed by atoms with E-state index < -0.39 is 6.04 Å². The second-order valence-electron chi connectivity index (χ2n) is 8.29. The molecule has 1 aromatic heterocycles. The molecule has 1 atom stereocenters. The number of hydrogen-bond acceptors (Lipinski definition) is 4. The van der Waals surface area contributed by atoms with Gasteiger partial charge in [-0.1, -0.05) is 73.3 Å². The molecule has 0 radical (unpaired) electrons. The Morgan fingerprint density at radius 3 is 2.59 bits per heavy atom. The monoisotopic (exact) mass is 449 g/mol. The van der Waals surface area contributed by atoms with E-state index >= 15 is 0 Å². The molecular formula is C26H28ClN3O2. The first-order chi connectivity index (χ1) is 15.7. The lowest BCUT2D eigenvalue weighted by molar-refractivity contribution is -0.122. The van der Waals surface area contributed by atoms with E-state index in [0.29, 0.717) is 24.6 Å².